The molecule has 1 aliphatic carbocycles. The van der Waals surface area contributed by atoms with E-state index in [4.69, 9.17) is 20.8 Å². The monoisotopic (exact) mass is 615 g/mol. The van der Waals surface area contributed by atoms with Crippen molar-refractivity contribution in [3.63, 3.8) is 0 Å². The summed E-state index contributed by atoms with van der Waals surface area (Å²) in [6, 6.07) is 8.04. The highest BCUT2D eigenvalue weighted by atomic mass is 35.5. The Morgan fingerprint density at radius 1 is 1.07 bits per heavy atom. The van der Waals surface area contributed by atoms with Gasteiger partial charge in [-0.2, -0.15) is 5.10 Å². The molecule has 2 fully saturated rings. The maximum absolute atomic E-state index is 13.8. The zero-order valence-electron chi connectivity index (χ0n) is 25.7. The van der Waals surface area contributed by atoms with Gasteiger partial charge in [-0.1, -0.05) is 44.5 Å². The lowest BCUT2D eigenvalue weighted by atomic mass is 9.91. The average Bonchev–Trinajstić information content (AvgIpc) is 3.25. The second kappa shape index (κ2) is 12.7. The smallest absolute Gasteiger partial charge is 0.329 e. The molecule has 42 heavy (non-hydrogen) atoms. The van der Waals surface area contributed by atoms with Crippen molar-refractivity contribution < 1.29 is 9.16 Å². The van der Waals surface area contributed by atoms with E-state index in [0.717, 1.165) is 62.8 Å². The number of fused-ring (bicyclic) bond motifs is 1. The van der Waals surface area contributed by atoms with Crippen molar-refractivity contribution in [2.45, 2.75) is 96.1 Å². The minimum absolute atomic E-state index is 0.00982. The van der Waals surface area contributed by atoms with Gasteiger partial charge >= 0.3 is 5.69 Å². The van der Waals surface area contributed by atoms with Gasteiger partial charge in [-0.25, -0.2) is 9.48 Å². The van der Waals surface area contributed by atoms with Crippen molar-refractivity contribution in [3.8, 4) is 0 Å². The fourth-order valence-electron chi connectivity index (χ4n) is 6.02. The highest BCUT2D eigenvalue weighted by Gasteiger charge is 2.37. The minimum Gasteiger partial charge on any atom is -0.415 e. The van der Waals surface area contributed by atoms with E-state index in [9.17, 15) is 9.59 Å². The summed E-state index contributed by atoms with van der Waals surface area (Å²) in [5, 5.41) is 8.11. The Labute approximate surface area is 254 Å². The van der Waals surface area contributed by atoms with Crippen LogP contribution in [0.4, 0.5) is 5.69 Å². The van der Waals surface area contributed by atoms with Gasteiger partial charge in [0.15, 0.2) is 8.32 Å². The SMILES string of the molecule is CC(C)(C)[Si](C)(C)OCCn1c(=O)n([C@H]2CC[C@@H](n3ncc(NCC4CCCOC4)c(Cl)c3=O)CC2)c2ccccc21. The summed E-state index contributed by atoms with van der Waals surface area (Å²) in [6.07, 6.45) is 6.90. The van der Waals surface area contributed by atoms with Crippen LogP contribution in [0, 0.1) is 5.92 Å². The number of nitrogens with one attached hydrogen (secondary N) is 1. The van der Waals surface area contributed by atoms with Crippen LogP contribution in [-0.2, 0) is 15.7 Å². The molecule has 1 unspecified atom stereocenters. The number of hydrogen-bond donors (Lipinski definition) is 1. The molecular weight excluding hydrogens is 570 g/mol. The van der Waals surface area contributed by atoms with Crippen LogP contribution in [0.15, 0.2) is 40.1 Å². The largest absolute Gasteiger partial charge is 0.415 e. The van der Waals surface area contributed by atoms with Crippen LogP contribution < -0.4 is 16.6 Å². The zero-order chi connectivity index (χ0) is 30.1. The number of hydrogen-bond acceptors (Lipinski definition) is 6. The molecule has 0 radical (unpaired) electrons. The van der Waals surface area contributed by atoms with Gasteiger partial charge in [0.25, 0.3) is 5.56 Å². The van der Waals surface area contributed by atoms with Gasteiger partial charge in [-0.3, -0.25) is 13.9 Å². The molecule has 9 nitrogen and oxygen atoms in total. The fourth-order valence-corrected chi connectivity index (χ4v) is 7.26. The van der Waals surface area contributed by atoms with Gasteiger partial charge in [0.05, 0.1) is 42.2 Å². The molecule has 5 rings (SSSR count). The van der Waals surface area contributed by atoms with Gasteiger partial charge in [0.2, 0.25) is 0 Å². The van der Waals surface area contributed by atoms with Crippen LogP contribution in [0.1, 0.15) is 71.4 Å². The Morgan fingerprint density at radius 2 is 1.76 bits per heavy atom. The average molecular weight is 616 g/mol. The van der Waals surface area contributed by atoms with Gasteiger partial charge in [-0.15, -0.1) is 0 Å². The van der Waals surface area contributed by atoms with Crippen LogP contribution >= 0.6 is 11.6 Å². The lowest BCUT2D eigenvalue weighted by Gasteiger charge is -2.36. The highest BCUT2D eigenvalue weighted by molar-refractivity contribution is 6.74. The molecule has 1 saturated carbocycles. The molecule has 230 valence electrons. The molecule has 1 saturated heterocycles. The Hall–Kier alpha value is -2.40. The topological polar surface area (TPSA) is 92.3 Å². The molecule has 0 amide bonds. The molecule has 1 aromatic carbocycles. The van der Waals surface area contributed by atoms with Crippen molar-refractivity contribution in [2.24, 2.45) is 5.92 Å². The van der Waals surface area contributed by atoms with Gasteiger partial charge in [0.1, 0.15) is 5.02 Å². The molecule has 3 aromatic rings. The number of nitrogens with zero attached hydrogens (tertiary/aromatic N) is 4. The predicted octanol–water partition coefficient (Wildman–Crippen LogP) is 6.23. The van der Waals surface area contributed by atoms with Crippen LogP contribution in [0.2, 0.25) is 23.2 Å². The summed E-state index contributed by atoms with van der Waals surface area (Å²) in [5.41, 5.74) is 2.22. The summed E-state index contributed by atoms with van der Waals surface area (Å²) in [6.45, 7) is 14.5. The number of anilines is 1. The summed E-state index contributed by atoms with van der Waals surface area (Å²) < 4.78 is 17.3. The molecule has 1 aliphatic heterocycles. The predicted molar refractivity (Wildman–Crippen MR) is 171 cm³/mol. The molecular formula is C31H46ClN5O4Si. The van der Waals surface area contributed by atoms with Crippen molar-refractivity contribution in [2.75, 3.05) is 31.7 Å². The quantitative estimate of drug-likeness (QED) is 0.287. The molecule has 1 atom stereocenters. The van der Waals surface area contributed by atoms with E-state index in [-0.39, 0.29) is 33.4 Å². The van der Waals surface area contributed by atoms with E-state index in [1.54, 1.807) is 6.20 Å². The maximum atomic E-state index is 13.8. The van der Waals surface area contributed by atoms with Crippen LogP contribution in [0.25, 0.3) is 11.0 Å². The third-order valence-corrected chi connectivity index (χ3v) is 14.5. The van der Waals surface area contributed by atoms with Gasteiger partial charge in [0, 0.05) is 25.7 Å². The van der Waals surface area contributed by atoms with E-state index in [2.05, 4.69) is 44.3 Å². The van der Waals surface area contributed by atoms with E-state index >= 15 is 0 Å². The van der Waals surface area contributed by atoms with Crippen LogP contribution in [-0.4, -0.2) is 53.6 Å². The Bertz CT molecular complexity index is 1490. The summed E-state index contributed by atoms with van der Waals surface area (Å²) in [5.74, 6) is 0.409. The Balaban J connectivity index is 1.27. The second-order valence-corrected chi connectivity index (χ2v) is 18.6. The summed E-state index contributed by atoms with van der Waals surface area (Å²) in [4.78, 5) is 27.0. The number of rotatable bonds is 9. The van der Waals surface area contributed by atoms with E-state index in [1.807, 2.05) is 33.4 Å². The molecule has 3 heterocycles. The zero-order valence-corrected chi connectivity index (χ0v) is 27.5. The molecule has 2 aromatic heterocycles. The van der Waals surface area contributed by atoms with Gasteiger partial charge < -0.3 is 14.5 Å². The number of benzene rings is 1. The minimum atomic E-state index is -1.91. The first-order valence-electron chi connectivity index (χ1n) is 15.4. The van der Waals surface area contributed by atoms with E-state index in [0.29, 0.717) is 31.3 Å². The normalized spacial score (nSPS) is 22.0. The van der Waals surface area contributed by atoms with Crippen molar-refractivity contribution in [1.29, 1.82) is 0 Å². The third kappa shape index (κ3) is 6.42. The molecule has 11 heteroatoms. The standard InChI is InChI=1S/C31H46ClN5O4Si/c1-31(2,3)42(4,5)41-18-16-35-26-10-6-7-11-27(26)36(30(35)39)23-12-14-24(15-13-23)37-29(38)28(32)25(20-34-37)33-19-22-9-8-17-40-21-22/h6-7,10-11,20,22-24,33H,8-9,12-19,21H2,1-5H3/t22?,23-,24+. The number of para-hydroxylation sites is 2. The Morgan fingerprint density at radius 3 is 2.43 bits per heavy atom. The van der Waals surface area contributed by atoms with Crippen molar-refractivity contribution >= 4 is 36.6 Å². The van der Waals surface area contributed by atoms with Crippen LogP contribution in [0.3, 0.4) is 0 Å². The second-order valence-electron chi connectivity index (χ2n) is 13.5. The van der Waals surface area contributed by atoms with Crippen molar-refractivity contribution in [3.05, 3.63) is 56.3 Å². The lowest BCUT2D eigenvalue weighted by molar-refractivity contribution is 0.0595. The van der Waals surface area contributed by atoms with E-state index in [1.165, 1.54) is 4.68 Å². The lowest BCUT2D eigenvalue weighted by Crippen LogP contribution is -2.42. The highest BCUT2D eigenvalue weighted by Crippen LogP contribution is 2.37. The number of ether oxygens (including phenoxy) is 1. The first-order chi connectivity index (χ1) is 20.0. The molecule has 0 bridgehead atoms. The Kier molecular flexibility index (Phi) is 9.37. The van der Waals surface area contributed by atoms with Crippen molar-refractivity contribution in [1.82, 2.24) is 18.9 Å². The summed E-state index contributed by atoms with van der Waals surface area (Å²) in [7, 11) is -1.91. The fraction of sp³-hybridized carbons (Fsp3) is 0.645. The van der Waals surface area contributed by atoms with E-state index < -0.39 is 8.32 Å². The number of aromatic nitrogens is 4. The van der Waals surface area contributed by atoms with Gasteiger partial charge in [-0.05, 0) is 74.7 Å². The summed E-state index contributed by atoms with van der Waals surface area (Å²) >= 11 is 6.52. The first-order valence-corrected chi connectivity index (χ1v) is 18.7. The number of imidazole rings is 1. The third-order valence-electron chi connectivity index (χ3n) is 9.61. The first kappa shape index (κ1) is 31.0. The molecule has 0 spiro atoms. The molecule has 2 aliphatic rings. The molecule has 1 N–H and O–H groups in total. The number of halogens is 1. The maximum Gasteiger partial charge on any atom is 0.329 e. The van der Waals surface area contributed by atoms with Crippen LogP contribution in [0.5, 0.6) is 0 Å².